The van der Waals surface area contributed by atoms with E-state index in [-0.39, 0.29) is 11.8 Å². The predicted octanol–water partition coefficient (Wildman–Crippen LogP) is 1.22. The zero-order valence-corrected chi connectivity index (χ0v) is 15.4. The molecule has 2 aliphatic heterocycles. The van der Waals surface area contributed by atoms with E-state index in [0.717, 1.165) is 31.5 Å². The summed E-state index contributed by atoms with van der Waals surface area (Å²) in [5.41, 5.74) is 2.10. The van der Waals surface area contributed by atoms with Crippen molar-refractivity contribution in [1.29, 1.82) is 0 Å². The Kier molecular flexibility index (Phi) is 4.79. The number of ether oxygens (including phenoxy) is 1. The van der Waals surface area contributed by atoms with Crippen LogP contribution in [0.4, 0.5) is 0 Å². The molecule has 2 aliphatic rings. The lowest BCUT2D eigenvalue weighted by Crippen LogP contribution is -2.50. The quantitative estimate of drug-likeness (QED) is 0.813. The number of nitrogens with zero attached hydrogens (tertiary/aromatic N) is 5. The molecule has 4 heterocycles. The van der Waals surface area contributed by atoms with Crippen molar-refractivity contribution in [1.82, 2.24) is 24.6 Å². The fraction of sp³-hybridized carbons (Fsp3) is 0.474. The Bertz CT molecular complexity index is 831. The second kappa shape index (κ2) is 7.38. The Morgan fingerprint density at radius 1 is 1.04 bits per heavy atom. The van der Waals surface area contributed by atoms with E-state index in [1.165, 1.54) is 7.11 Å². The third-order valence-corrected chi connectivity index (χ3v) is 5.18. The summed E-state index contributed by atoms with van der Waals surface area (Å²) >= 11 is 0. The number of rotatable bonds is 3. The van der Waals surface area contributed by atoms with Gasteiger partial charge in [-0.25, -0.2) is 4.98 Å². The maximum Gasteiger partial charge on any atom is 0.274 e. The van der Waals surface area contributed by atoms with Gasteiger partial charge in [0, 0.05) is 44.6 Å². The molecule has 0 radical (unpaired) electrons. The van der Waals surface area contributed by atoms with Crippen molar-refractivity contribution in [3.8, 4) is 5.88 Å². The monoisotopic (exact) mass is 369 g/mol. The molecule has 0 saturated carbocycles. The van der Waals surface area contributed by atoms with E-state index in [1.54, 1.807) is 28.1 Å². The van der Waals surface area contributed by atoms with Crippen LogP contribution in [0.1, 0.15) is 39.4 Å². The number of amides is 2. The fourth-order valence-corrected chi connectivity index (χ4v) is 3.68. The molecule has 2 aromatic heterocycles. The maximum absolute atomic E-state index is 12.8. The summed E-state index contributed by atoms with van der Waals surface area (Å²) in [6.45, 7) is 2.84. The Labute approximate surface area is 157 Å². The number of fused-ring (bicyclic) bond motifs is 1. The first-order valence-electron chi connectivity index (χ1n) is 9.31. The Hall–Kier alpha value is -2.90. The largest absolute Gasteiger partial charge is 0.480 e. The standard InChI is InChI=1S/C19H23N5O3/c1-27-17-15(6-4-7-20-17)18(25)22-9-11-23(12-10-22)19(26)16-13-14-5-2-3-8-24(14)21-16/h4,6-7,13H,2-3,5,8-12H2,1H3. The Morgan fingerprint density at radius 2 is 1.78 bits per heavy atom. The van der Waals surface area contributed by atoms with Gasteiger partial charge in [-0.1, -0.05) is 0 Å². The zero-order chi connectivity index (χ0) is 18.8. The van der Waals surface area contributed by atoms with Crippen LogP contribution in [0, 0.1) is 0 Å². The predicted molar refractivity (Wildman–Crippen MR) is 97.8 cm³/mol. The lowest BCUT2D eigenvalue weighted by molar-refractivity contribution is 0.0529. The molecular weight excluding hydrogens is 346 g/mol. The molecule has 142 valence electrons. The van der Waals surface area contributed by atoms with E-state index in [0.29, 0.717) is 43.3 Å². The molecule has 0 aliphatic carbocycles. The molecule has 0 N–H and O–H groups in total. The Balaban J connectivity index is 1.40. The average molecular weight is 369 g/mol. The van der Waals surface area contributed by atoms with Crippen LogP contribution in [0.3, 0.4) is 0 Å². The number of carbonyl (C=O) groups excluding carboxylic acids is 2. The van der Waals surface area contributed by atoms with Gasteiger partial charge in [-0.2, -0.15) is 5.10 Å². The number of carbonyl (C=O) groups is 2. The number of pyridine rings is 1. The maximum atomic E-state index is 12.8. The van der Waals surface area contributed by atoms with Crippen molar-refractivity contribution in [3.63, 3.8) is 0 Å². The summed E-state index contributed by atoms with van der Waals surface area (Å²) in [5.74, 6) is 0.150. The van der Waals surface area contributed by atoms with E-state index in [4.69, 9.17) is 4.74 Å². The highest BCUT2D eigenvalue weighted by Gasteiger charge is 2.28. The van der Waals surface area contributed by atoms with Crippen LogP contribution in [-0.4, -0.2) is 69.7 Å². The molecule has 4 rings (SSSR count). The third-order valence-electron chi connectivity index (χ3n) is 5.18. The number of aryl methyl sites for hydroxylation is 2. The Morgan fingerprint density at radius 3 is 2.48 bits per heavy atom. The molecule has 1 fully saturated rings. The van der Waals surface area contributed by atoms with E-state index in [2.05, 4.69) is 10.1 Å². The van der Waals surface area contributed by atoms with E-state index in [9.17, 15) is 9.59 Å². The normalized spacial score (nSPS) is 16.8. The summed E-state index contributed by atoms with van der Waals surface area (Å²) < 4.78 is 7.13. The van der Waals surface area contributed by atoms with Crippen LogP contribution in [0.15, 0.2) is 24.4 Å². The molecule has 27 heavy (non-hydrogen) atoms. The SMILES string of the molecule is COc1ncccc1C(=O)N1CCN(C(=O)c2cc3n(n2)CCCC3)CC1. The second-order valence-corrected chi connectivity index (χ2v) is 6.85. The van der Waals surface area contributed by atoms with Gasteiger partial charge in [0.2, 0.25) is 5.88 Å². The minimum Gasteiger partial charge on any atom is -0.480 e. The average Bonchev–Trinajstić information content (AvgIpc) is 3.17. The summed E-state index contributed by atoms with van der Waals surface area (Å²) in [5, 5.41) is 4.47. The molecule has 2 aromatic rings. The fourth-order valence-electron chi connectivity index (χ4n) is 3.68. The van der Waals surface area contributed by atoms with Gasteiger partial charge in [0.25, 0.3) is 11.8 Å². The second-order valence-electron chi connectivity index (χ2n) is 6.85. The highest BCUT2D eigenvalue weighted by Crippen LogP contribution is 2.19. The van der Waals surface area contributed by atoms with Gasteiger partial charge in [0.1, 0.15) is 5.56 Å². The molecule has 0 spiro atoms. The van der Waals surface area contributed by atoms with Gasteiger partial charge in [-0.3, -0.25) is 14.3 Å². The topological polar surface area (TPSA) is 80.6 Å². The lowest BCUT2D eigenvalue weighted by Gasteiger charge is -2.34. The van der Waals surface area contributed by atoms with E-state index < -0.39 is 0 Å². The minimum atomic E-state index is -0.121. The van der Waals surface area contributed by atoms with Crippen LogP contribution >= 0.6 is 0 Å². The molecule has 0 atom stereocenters. The van der Waals surface area contributed by atoms with Crippen molar-refractivity contribution < 1.29 is 14.3 Å². The number of piperazine rings is 1. The summed E-state index contributed by atoms with van der Waals surface area (Å²) in [6, 6.07) is 5.34. The van der Waals surface area contributed by atoms with Gasteiger partial charge in [0.15, 0.2) is 5.69 Å². The van der Waals surface area contributed by atoms with E-state index in [1.807, 2.05) is 10.7 Å². The van der Waals surface area contributed by atoms with Crippen molar-refractivity contribution in [3.05, 3.63) is 41.3 Å². The molecule has 1 saturated heterocycles. The zero-order valence-electron chi connectivity index (χ0n) is 15.4. The minimum absolute atomic E-state index is 0.0528. The summed E-state index contributed by atoms with van der Waals surface area (Å²) in [4.78, 5) is 33.1. The van der Waals surface area contributed by atoms with Crippen molar-refractivity contribution >= 4 is 11.8 Å². The molecular formula is C19H23N5O3. The third kappa shape index (κ3) is 3.39. The summed E-state index contributed by atoms with van der Waals surface area (Å²) in [7, 11) is 1.50. The van der Waals surface area contributed by atoms with Gasteiger partial charge in [-0.15, -0.1) is 0 Å². The molecule has 8 nitrogen and oxygen atoms in total. The first kappa shape index (κ1) is 17.5. The number of hydrogen-bond acceptors (Lipinski definition) is 5. The molecule has 0 unspecified atom stereocenters. The first-order chi connectivity index (χ1) is 13.2. The van der Waals surface area contributed by atoms with Crippen molar-refractivity contribution in [2.75, 3.05) is 33.3 Å². The first-order valence-corrected chi connectivity index (χ1v) is 9.31. The smallest absolute Gasteiger partial charge is 0.274 e. The number of methoxy groups -OCH3 is 1. The molecule has 0 aromatic carbocycles. The van der Waals surface area contributed by atoms with Crippen LogP contribution in [-0.2, 0) is 13.0 Å². The van der Waals surface area contributed by atoms with Crippen LogP contribution < -0.4 is 4.74 Å². The molecule has 2 amide bonds. The van der Waals surface area contributed by atoms with Crippen LogP contribution in [0.5, 0.6) is 5.88 Å². The van der Waals surface area contributed by atoms with Gasteiger partial charge < -0.3 is 14.5 Å². The van der Waals surface area contributed by atoms with Gasteiger partial charge >= 0.3 is 0 Å². The number of aromatic nitrogens is 3. The van der Waals surface area contributed by atoms with Crippen molar-refractivity contribution in [2.45, 2.75) is 25.8 Å². The van der Waals surface area contributed by atoms with Crippen molar-refractivity contribution in [2.24, 2.45) is 0 Å². The van der Waals surface area contributed by atoms with Gasteiger partial charge in [0.05, 0.1) is 7.11 Å². The van der Waals surface area contributed by atoms with Crippen LogP contribution in [0.25, 0.3) is 0 Å². The van der Waals surface area contributed by atoms with E-state index >= 15 is 0 Å². The highest BCUT2D eigenvalue weighted by atomic mass is 16.5. The summed E-state index contributed by atoms with van der Waals surface area (Å²) in [6.07, 6.45) is 4.84. The lowest BCUT2D eigenvalue weighted by atomic mass is 10.1. The highest BCUT2D eigenvalue weighted by molar-refractivity contribution is 5.97. The van der Waals surface area contributed by atoms with Gasteiger partial charge in [-0.05, 0) is 37.5 Å². The van der Waals surface area contributed by atoms with Crippen LogP contribution in [0.2, 0.25) is 0 Å². The number of hydrogen-bond donors (Lipinski definition) is 0. The molecule has 0 bridgehead atoms. The molecule has 8 heteroatoms.